The van der Waals surface area contributed by atoms with Crippen molar-refractivity contribution in [1.82, 2.24) is 14.5 Å². The molecule has 0 spiro atoms. The van der Waals surface area contributed by atoms with Gasteiger partial charge in [-0.1, -0.05) is 36.9 Å². The van der Waals surface area contributed by atoms with Crippen molar-refractivity contribution in [2.45, 2.75) is 49.6 Å². The highest BCUT2D eigenvalue weighted by Crippen LogP contribution is 2.33. The quantitative estimate of drug-likeness (QED) is 0.428. The summed E-state index contributed by atoms with van der Waals surface area (Å²) in [7, 11) is 0. The molecule has 1 aliphatic heterocycles. The van der Waals surface area contributed by atoms with Crippen LogP contribution < -0.4 is 5.56 Å². The van der Waals surface area contributed by atoms with E-state index in [0.29, 0.717) is 28.3 Å². The van der Waals surface area contributed by atoms with E-state index in [-0.39, 0.29) is 5.56 Å². The normalized spacial score (nSPS) is 16.0. The summed E-state index contributed by atoms with van der Waals surface area (Å²) in [5, 5.41) is 10.4. The number of aliphatic carboxylic acids is 1. The number of hydrogen-bond acceptors (Lipinski definition) is 6. The predicted octanol–water partition coefficient (Wildman–Crippen LogP) is 4.05. The second-order valence-corrected chi connectivity index (χ2v) is 9.60. The lowest BCUT2D eigenvalue weighted by atomic mass is 10.2. The first kappa shape index (κ1) is 20.4. The van der Waals surface area contributed by atoms with Crippen LogP contribution in [0.3, 0.4) is 0 Å². The summed E-state index contributed by atoms with van der Waals surface area (Å²) in [6, 6.07) is 7.87. The van der Waals surface area contributed by atoms with Crippen molar-refractivity contribution in [3.05, 3.63) is 34.6 Å². The van der Waals surface area contributed by atoms with E-state index in [1.165, 1.54) is 35.9 Å². The molecular weight excluding hydrogens is 406 g/mol. The van der Waals surface area contributed by atoms with Crippen LogP contribution in [0.1, 0.15) is 32.6 Å². The Morgan fingerprint density at radius 1 is 1.28 bits per heavy atom. The molecule has 3 aromatic rings. The van der Waals surface area contributed by atoms with Crippen LogP contribution in [0, 0.1) is 0 Å². The Morgan fingerprint density at radius 2 is 2.03 bits per heavy atom. The predicted molar refractivity (Wildman–Crippen MR) is 119 cm³/mol. The smallest absolute Gasteiger partial charge is 0.317 e. The zero-order valence-corrected chi connectivity index (χ0v) is 18.1. The summed E-state index contributed by atoms with van der Waals surface area (Å²) >= 11 is 2.66. The molecule has 4 rings (SSSR count). The first-order valence-corrected chi connectivity index (χ1v) is 11.8. The lowest BCUT2D eigenvalue weighted by Gasteiger charge is -2.17. The molecular formula is C21H25N3O3S2. The van der Waals surface area contributed by atoms with E-state index in [2.05, 4.69) is 4.90 Å². The largest absolute Gasteiger partial charge is 0.480 e. The number of hydrogen-bond donors (Lipinski definition) is 1. The van der Waals surface area contributed by atoms with Gasteiger partial charge in [-0.05, 0) is 51.4 Å². The highest BCUT2D eigenvalue weighted by atomic mass is 32.2. The topological polar surface area (TPSA) is 75.4 Å². The molecule has 2 aromatic heterocycles. The van der Waals surface area contributed by atoms with Gasteiger partial charge in [0.25, 0.3) is 5.56 Å². The van der Waals surface area contributed by atoms with Crippen LogP contribution in [-0.4, -0.2) is 50.4 Å². The van der Waals surface area contributed by atoms with Gasteiger partial charge in [0.2, 0.25) is 0 Å². The molecule has 1 N–H and O–H groups in total. The number of benzene rings is 1. The molecule has 1 atom stereocenters. The van der Waals surface area contributed by atoms with E-state index in [1.807, 2.05) is 31.2 Å². The fourth-order valence-corrected chi connectivity index (χ4v) is 5.89. The minimum absolute atomic E-state index is 0.0552. The molecule has 1 aliphatic rings. The van der Waals surface area contributed by atoms with Crippen LogP contribution in [-0.2, 0) is 11.3 Å². The van der Waals surface area contributed by atoms with Gasteiger partial charge < -0.3 is 10.0 Å². The molecule has 1 aromatic carbocycles. The lowest BCUT2D eigenvalue weighted by Crippen LogP contribution is -2.27. The molecule has 0 bridgehead atoms. The van der Waals surface area contributed by atoms with Gasteiger partial charge in [0.05, 0.1) is 5.52 Å². The number of thioether (sulfide) groups is 1. The van der Waals surface area contributed by atoms with Crippen LogP contribution in [0.15, 0.2) is 34.2 Å². The third kappa shape index (κ3) is 4.20. The van der Waals surface area contributed by atoms with Crippen molar-refractivity contribution >= 4 is 49.4 Å². The Bertz CT molecular complexity index is 1090. The lowest BCUT2D eigenvalue weighted by molar-refractivity contribution is -0.136. The molecule has 0 saturated carbocycles. The zero-order chi connectivity index (χ0) is 20.4. The maximum absolute atomic E-state index is 13.3. The maximum atomic E-state index is 13.3. The Labute approximate surface area is 177 Å². The summed E-state index contributed by atoms with van der Waals surface area (Å²) in [4.78, 5) is 32.2. The standard InChI is InChI=1S/C21H25N3O3S2/c1-2-15(20(26)27)29-21-22-17-14-8-3-4-9-16(14)28-18(17)19(25)24(21)13-7-12-23-10-5-6-11-23/h3-4,8-9,15H,2,5-7,10-13H2,1H3,(H,26,27). The molecule has 1 saturated heterocycles. The van der Waals surface area contributed by atoms with Gasteiger partial charge in [-0.15, -0.1) is 11.3 Å². The summed E-state index contributed by atoms with van der Waals surface area (Å²) < 4.78 is 3.38. The van der Waals surface area contributed by atoms with Crippen molar-refractivity contribution in [2.24, 2.45) is 0 Å². The number of fused-ring (bicyclic) bond motifs is 3. The van der Waals surface area contributed by atoms with Crippen molar-refractivity contribution in [3.8, 4) is 0 Å². The number of carbonyl (C=O) groups is 1. The van der Waals surface area contributed by atoms with Gasteiger partial charge >= 0.3 is 5.97 Å². The minimum atomic E-state index is -0.870. The number of aromatic nitrogens is 2. The second kappa shape index (κ2) is 8.85. The second-order valence-electron chi connectivity index (χ2n) is 7.38. The van der Waals surface area contributed by atoms with E-state index < -0.39 is 11.2 Å². The van der Waals surface area contributed by atoms with Gasteiger partial charge in [-0.2, -0.15) is 0 Å². The number of nitrogens with zero attached hydrogens (tertiary/aromatic N) is 3. The number of likely N-dealkylation sites (tertiary alicyclic amines) is 1. The van der Waals surface area contributed by atoms with Crippen LogP contribution in [0.4, 0.5) is 0 Å². The van der Waals surface area contributed by atoms with E-state index in [9.17, 15) is 14.7 Å². The van der Waals surface area contributed by atoms with E-state index >= 15 is 0 Å². The fourth-order valence-electron chi connectivity index (χ4n) is 3.83. The molecule has 0 radical (unpaired) electrons. The minimum Gasteiger partial charge on any atom is -0.480 e. The molecule has 29 heavy (non-hydrogen) atoms. The molecule has 0 amide bonds. The average molecular weight is 432 g/mol. The molecule has 6 nitrogen and oxygen atoms in total. The average Bonchev–Trinajstić information content (AvgIpc) is 3.36. The summed E-state index contributed by atoms with van der Waals surface area (Å²) in [6.45, 7) is 5.62. The van der Waals surface area contributed by atoms with Gasteiger partial charge in [-0.3, -0.25) is 14.2 Å². The first-order valence-electron chi connectivity index (χ1n) is 10.1. The highest BCUT2D eigenvalue weighted by Gasteiger charge is 2.23. The maximum Gasteiger partial charge on any atom is 0.317 e. The van der Waals surface area contributed by atoms with Gasteiger partial charge in [0, 0.05) is 16.6 Å². The monoisotopic (exact) mass is 431 g/mol. The molecule has 0 aliphatic carbocycles. The zero-order valence-electron chi connectivity index (χ0n) is 16.5. The summed E-state index contributed by atoms with van der Waals surface area (Å²) in [5.41, 5.74) is 0.634. The van der Waals surface area contributed by atoms with E-state index in [1.54, 1.807) is 4.57 Å². The van der Waals surface area contributed by atoms with E-state index in [4.69, 9.17) is 4.98 Å². The Balaban J connectivity index is 1.73. The third-order valence-electron chi connectivity index (χ3n) is 5.40. The Morgan fingerprint density at radius 3 is 2.76 bits per heavy atom. The van der Waals surface area contributed by atoms with Crippen molar-refractivity contribution in [2.75, 3.05) is 19.6 Å². The van der Waals surface area contributed by atoms with Gasteiger partial charge in [0.15, 0.2) is 5.16 Å². The van der Waals surface area contributed by atoms with Crippen LogP contribution in [0.5, 0.6) is 0 Å². The van der Waals surface area contributed by atoms with Crippen molar-refractivity contribution in [1.29, 1.82) is 0 Å². The molecule has 1 unspecified atom stereocenters. The third-order valence-corrected chi connectivity index (χ3v) is 7.89. The summed E-state index contributed by atoms with van der Waals surface area (Å²) in [5.74, 6) is -0.870. The molecule has 154 valence electrons. The number of rotatable bonds is 8. The number of thiophene rings is 1. The Kier molecular flexibility index (Phi) is 6.22. The number of carboxylic acids is 1. The molecule has 1 fully saturated rings. The SMILES string of the molecule is CCC(Sc1nc2c(sc3ccccc32)c(=O)n1CCCN1CCCC1)C(=O)O. The van der Waals surface area contributed by atoms with E-state index in [0.717, 1.165) is 36.1 Å². The van der Waals surface area contributed by atoms with Gasteiger partial charge in [0.1, 0.15) is 9.95 Å². The first-order chi connectivity index (χ1) is 14.1. The Hall–Kier alpha value is -1.90. The highest BCUT2D eigenvalue weighted by molar-refractivity contribution is 8.00. The summed E-state index contributed by atoms with van der Waals surface area (Å²) in [6.07, 6.45) is 3.82. The van der Waals surface area contributed by atoms with Gasteiger partial charge in [-0.25, -0.2) is 4.98 Å². The fraction of sp³-hybridized carbons (Fsp3) is 0.476. The number of carboxylic acid groups (broad SMARTS) is 1. The van der Waals surface area contributed by atoms with Crippen LogP contribution in [0.25, 0.3) is 20.3 Å². The van der Waals surface area contributed by atoms with Crippen LogP contribution in [0.2, 0.25) is 0 Å². The molecule has 3 heterocycles. The van der Waals surface area contributed by atoms with Crippen molar-refractivity contribution in [3.63, 3.8) is 0 Å². The molecule has 8 heteroatoms. The van der Waals surface area contributed by atoms with Crippen molar-refractivity contribution < 1.29 is 9.90 Å². The van der Waals surface area contributed by atoms with Crippen LogP contribution >= 0.6 is 23.1 Å².